The lowest BCUT2D eigenvalue weighted by atomic mass is 9.94. The summed E-state index contributed by atoms with van der Waals surface area (Å²) in [5.74, 6) is -0.191. The van der Waals surface area contributed by atoms with E-state index in [2.05, 4.69) is 37.2 Å². The number of aromatic hydroxyl groups is 1. The quantitative estimate of drug-likeness (QED) is 0.538. The Morgan fingerprint density at radius 1 is 1.24 bits per heavy atom. The number of hydrogen-bond donors (Lipinski definition) is 3. The second-order valence-corrected chi connectivity index (χ2v) is 7.40. The number of hydrogen-bond acceptors (Lipinski definition) is 4. The lowest BCUT2D eigenvalue weighted by Crippen LogP contribution is -2.22. The Morgan fingerprint density at radius 3 is 2.56 bits per heavy atom. The van der Waals surface area contributed by atoms with Crippen LogP contribution in [0.5, 0.6) is 5.75 Å². The van der Waals surface area contributed by atoms with E-state index in [1.165, 1.54) is 0 Å². The van der Waals surface area contributed by atoms with Crippen LogP contribution in [0.25, 0.3) is 0 Å². The van der Waals surface area contributed by atoms with Crippen LogP contribution in [0.4, 0.5) is 10.5 Å². The lowest BCUT2D eigenvalue weighted by molar-refractivity contribution is 0.0651. The van der Waals surface area contributed by atoms with E-state index in [-0.39, 0.29) is 18.3 Å². The van der Waals surface area contributed by atoms with Gasteiger partial charge in [0.2, 0.25) is 0 Å². The summed E-state index contributed by atoms with van der Waals surface area (Å²) in [7, 11) is 0. The monoisotopic (exact) mass is 471 g/mol. The van der Waals surface area contributed by atoms with E-state index in [0.717, 1.165) is 4.47 Å². The van der Waals surface area contributed by atoms with Crippen molar-refractivity contribution in [2.75, 3.05) is 11.9 Å². The first kappa shape index (κ1) is 19.8. The highest BCUT2D eigenvalue weighted by molar-refractivity contribution is 9.11. The van der Waals surface area contributed by atoms with Crippen LogP contribution in [0.1, 0.15) is 25.0 Å². The molecule has 0 unspecified atom stereocenters. The van der Waals surface area contributed by atoms with Gasteiger partial charge in [-0.25, -0.2) is 4.79 Å². The third kappa shape index (κ3) is 5.45. The molecule has 3 N–H and O–H groups in total. The number of para-hydroxylation sites is 1. The molecule has 0 aliphatic rings. The van der Waals surface area contributed by atoms with Gasteiger partial charge in [-0.1, -0.05) is 41.1 Å². The molecule has 2 aromatic carbocycles. The van der Waals surface area contributed by atoms with Crippen molar-refractivity contribution in [3.63, 3.8) is 0 Å². The molecule has 0 aliphatic carbocycles. The number of anilines is 1. The maximum Gasteiger partial charge on any atom is 0.412 e. The van der Waals surface area contributed by atoms with Crippen molar-refractivity contribution < 1.29 is 19.7 Å². The summed E-state index contributed by atoms with van der Waals surface area (Å²) in [5, 5.41) is 22.3. The Hall–Kier alpha value is -1.57. The minimum absolute atomic E-state index is 0.00509. The largest absolute Gasteiger partial charge is 0.506 e. The van der Waals surface area contributed by atoms with E-state index in [1.807, 2.05) is 13.0 Å². The summed E-state index contributed by atoms with van der Waals surface area (Å²) in [6, 6.07) is 12.4. The Morgan fingerprint density at radius 2 is 1.92 bits per heavy atom. The fourth-order valence-corrected chi connectivity index (χ4v) is 3.69. The Kier molecular flexibility index (Phi) is 7.28. The van der Waals surface area contributed by atoms with Gasteiger partial charge in [-0.05, 0) is 52.5 Å². The molecule has 25 heavy (non-hydrogen) atoms. The van der Waals surface area contributed by atoms with Crippen molar-refractivity contribution in [2.24, 2.45) is 5.92 Å². The van der Waals surface area contributed by atoms with Crippen LogP contribution < -0.4 is 5.32 Å². The summed E-state index contributed by atoms with van der Waals surface area (Å²) in [5.41, 5.74) is 1.08. The number of phenolic OH excluding ortho intramolecular Hbond substituents is 1. The van der Waals surface area contributed by atoms with Gasteiger partial charge in [-0.15, -0.1) is 0 Å². The number of aliphatic hydroxyl groups excluding tert-OH is 1. The molecule has 2 rings (SSSR count). The molecular formula is C18H19Br2NO4. The molecule has 2 atom stereocenters. The molecule has 0 radical (unpaired) electrons. The lowest BCUT2D eigenvalue weighted by Gasteiger charge is -2.25. The zero-order valence-electron chi connectivity index (χ0n) is 13.6. The minimum atomic E-state index is -0.718. The van der Waals surface area contributed by atoms with E-state index in [9.17, 15) is 15.0 Å². The SMILES string of the molecule is C[C@@H](CCO)[C@H](OC(=O)Nc1ccccc1)c1cc(Br)cc(Br)c1O. The number of benzene rings is 2. The van der Waals surface area contributed by atoms with Crippen LogP contribution in [-0.2, 0) is 4.74 Å². The molecule has 0 aromatic heterocycles. The first-order valence-electron chi connectivity index (χ1n) is 7.73. The first-order valence-corrected chi connectivity index (χ1v) is 9.32. The molecule has 0 saturated carbocycles. The van der Waals surface area contributed by atoms with Crippen molar-refractivity contribution in [3.8, 4) is 5.75 Å². The third-order valence-corrected chi connectivity index (χ3v) is 4.78. The standard InChI is InChI=1S/C18H19Br2NO4/c1-11(7-8-22)17(14-9-12(19)10-15(20)16(14)23)25-18(24)21-13-5-3-2-4-6-13/h2-6,9-11,17,22-23H,7-8H2,1H3,(H,21,24)/t11-,17-/m0/s1. The maximum absolute atomic E-state index is 12.3. The second-order valence-electron chi connectivity index (χ2n) is 5.63. The number of phenols is 1. The van der Waals surface area contributed by atoms with Gasteiger partial charge in [0, 0.05) is 22.3 Å². The van der Waals surface area contributed by atoms with E-state index in [1.54, 1.807) is 36.4 Å². The maximum atomic E-state index is 12.3. The Labute approximate surface area is 163 Å². The Bertz CT molecular complexity index is 725. The molecule has 1 amide bonds. The summed E-state index contributed by atoms with van der Waals surface area (Å²) in [6.45, 7) is 1.81. The second kappa shape index (κ2) is 9.22. The number of carbonyl (C=O) groups excluding carboxylic acids is 1. The molecule has 5 nitrogen and oxygen atoms in total. The van der Waals surface area contributed by atoms with Crippen LogP contribution >= 0.6 is 31.9 Å². The van der Waals surface area contributed by atoms with E-state index >= 15 is 0 Å². The molecule has 0 heterocycles. The van der Waals surface area contributed by atoms with Gasteiger partial charge in [0.25, 0.3) is 0 Å². The topological polar surface area (TPSA) is 78.8 Å². The van der Waals surface area contributed by atoms with E-state index in [4.69, 9.17) is 4.74 Å². The van der Waals surface area contributed by atoms with Crippen molar-refractivity contribution in [1.82, 2.24) is 0 Å². The average Bonchev–Trinajstić information content (AvgIpc) is 2.57. The minimum Gasteiger partial charge on any atom is -0.506 e. The molecule has 0 spiro atoms. The van der Waals surface area contributed by atoms with Crippen LogP contribution in [0, 0.1) is 5.92 Å². The van der Waals surface area contributed by atoms with Gasteiger partial charge in [-0.3, -0.25) is 5.32 Å². The van der Waals surface area contributed by atoms with Crippen molar-refractivity contribution in [1.29, 1.82) is 0 Å². The van der Waals surface area contributed by atoms with E-state index in [0.29, 0.717) is 22.1 Å². The van der Waals surface area contributed by atoms with Gasteiger partial charge >= 0.3 is 6.09 Å². The highest BCUT2D eigenvalue weighted by Gasteiger charge is 2.27. The summed E-state index contributed by atoms with van der Waals surface area (Å²) >= 11 is 6.66. The van der Waals surface area contributed by atoms with Crippen LogP contribution in [0.3, 0.4) is 0 Å². The van der Waals surface area contributed by atoms with Gasteiger partial charge in [0.15, 0.2) is 0 Å². The number of nitrogens with one attached hydrogen (secondary N) is 1. The first-order chi connectivity index (χ1) is 11.9. The zero-order valence-corrected chi connectivity index (χ0v) is 16.7. The van der Waals surface area contributed by atoms with Crippen LogP contribution in [0.15, 0.2) is 51.4 Å². The molecular weight excluding hydrogens is 454 g/mol. The summed E-state index contributed by atoms with van der Waals surface area (Å²) < 4.78 is 6.81. The van der Waals surface area contributed by atoms with Crippen molar-refractivity contribution >= 4 is 43.6 Å². The highest BCUT2D eigenvalue weighted by atomic mass is 79.9. The normalized spacial score (nSPS) is 13.1. The van der Waals surface area contributed by atoms with Gasteiger partial charge < -0.3 is 14.9 Å². The third-order valence-electron chi connectivity index (χ3n) is 3.72. The number of amides is 1. The van der Waals surface area contributed by atoms with Crippen LogP contribution in [-0.4, -0.2) is 22.9 Å². The molecule has 0 bridgehead atoms. The summed E-state index contributed by atoms with van der Waals surface area (Å²) in [6.07, 6.45) is -0.923. The van der Waals surface area contributed by atoms with Gasteiger partial charge in [0.1, 0.15) is 11.9 Å². The number of ether oxygens (including phenoxy) is 1. The van der Waals surface area contributed by atoms with Gasteiger partial charge in [0.05, 0.1) is 4.47 Å². The highest BCUT2D eigenvalue weighted by Crippen LogP contribution is 2.40. The molecule has 7 heteroatoms. The van der Waals surface area contributed by atoms with Gasteiger partial charge in [-0.2, -0.15) is 0 Å². The number of aliphatic hydroxyl groups is 1. The molecule has 0 fully saturated rings. The smallest absolute Gasteiger partial charge is 0.412 e. The number of halogens is 2. The number of rotatable bonds is 6. The van der Waals surface area contributed by atoms with Crippen LogP contribution in [0.2, 0.25) is 0 Å². The molecule has 2 aromatic rings. The fourth-order valence-electron chi connectivity index (χ4n) is 2.43. The molecule has 134 valence electrons. The average molecular weight is 473 g/mol. The van der Waals surface area contributed by atoms with E-state index < -0.39 is 12.2 Å². The van der Waals surface area contributed by atoms with Crippen molar-refractivity contribution in [2.45, 2.75) is 19.4 Å². The molecule has 0 saturated heterocycles. The molecule has 0 aliphatic heterocycles. The zero-order chi connectivity index (χ0) is 18.4. The van der Waals surface area contributed by atoms with Crippen molar-refractivity contribution in [3.05, 3.63) is 57.0 Å². The predicted octanol–water partition coefficient (Wildman–Crippen LogP) is 5.23. The fraction of sp³-hybridized carbons (Fsp3) is 0.278. The number of carbonyl (C=O) groups is 1. The Balaban J connectivity index is 2.26. The predicted molar refractivity (Wildman–Crippen MR) is 104 cm³/mol. The summed E-state index contributed by atoms with van der Waals surface area (Å²) in [4.78, 5) is 12.3.